The zero-order valence-corrected chi connectivity index (χ0v) is 10.3. The first-order valence-corrected chi connectivity index (χ1v) is 6.61. The summed E-state index contributed by atoms with van der Waals surface area (Å²) >= 11 is 0. The molecule has 15 heavy (non-hydrogen) atoms. The minimum Gasteiger partial charge on any atom is -0.381 e. The van der Waals surface area contributed by atoms with E-state index >= 15 is 0 Å². The maximum Gasteiger partial charge on any atom is 0.0471 e. The predicted octanol–water partition coefficient (Wildman–Crippen LogP) is 3.10. The van der Waals surface area contributed by atoms with Crippen molar-refractivity contribution in [1.29, 1.82) is 0 Å². The number of rotatable bonds is 7. The molecule has 1 saturated carbocycles. The molecule has 2 heteroatoms. The van der Waals surface area contributed by atoms with Crippen LogP contribution in [-0.4, -0.2) is 19.8 Å². The second-order valence-corrected chi connectivity index (χ2v) is 4.98. The average molecular weight is 213 g/mol. The van der Waals surface area contributed by atoms with Crippen molar-refractivity contribution in [3.63, 3.8) is 0 Å². The molecule has 0 bridgehead atoms. The van der Waals surface area contributed by atoms with Gasteiger partial charge in [0.05, 0.1) is 0 Å². The molecule has 0 spiro atoms. The Morgan fingerprint density at radius 2 is 1.87 bits per heavy atom. The normalized spacial score (nSPS) is 20.4. The Morgan fingerprint density at radius 3 is 2.47 bits per heavy atom. The van der Waals surface area contributed by atoms with E-state index in [1.54, 1.807) is 0 Å². The summed E-state index contributed by atoms with van der Waals surface area (Å²) in [6.07, 6.45) is 10.4. The molecule has 0 amide bonds. The molecule has 0 unspecified atom stereocenters. The Bertz CT molecular complexity index is 153. The van der Waals surface area contributed by atoms with Crippen molar-refractivity contribution in [3.05, 3.63) is 0 Å². The van der Waals surface area contributed by atoms with Crippen LogP contribution >= 0.6 is 0 Å². The Hall–Kier alpha value is -0.0800. The fraction of sp³-hybridized carbons (Fsp3) is 1.00. The maximum absolute atomic E-state index is 5.92. The van der Waals surface area contributed by atoms with Crippen LogP contribution in [0.5, 0.6) is 0 Å². The van der Waals surface area contributed by atoms with Crippen LogP contribution in [0.25, 0.3) is 0 Å². The first kappa shape index (κ1) is 13.0. The van der Waals surface area contributed by atoms with E-state index in [1.807, 2.05) is 0 Å². The van der Waals surface area contributed by atoms with Gasteiger partial charge in [-0.05, 0) is 37.6 Å². The van der Waals surface area contributed by atoms with Gasteiger partial charge in [-0.15, -0.1) is 0 Å². The van der Waals surface area contributed by atoms with E-state index < -0.39 is 0 Å². The molecule has 0 aliphatic heterocycles. The SMILES string of the molecule is CCCCOCCC1(CN)CCCCC1. The lowest BCUT2D eigenvalue weighted by Crippen LogP contribution is -2.34. The minimum atomic E-state index is 0.421. The van der Waals surface area contributed by atoms with E-state index in [0.29, 0.717) is 5.41 Å². The standard InChI is InChI=1S/C13H27NO/c1-2-3-10-15-11-9-13(12-14)7-5-4-6-8-13/h2-12,14H2,1H3. The molecular formula is C13H27NO. The van der Waals surface area contributed by atoms with E-state index in [9.17, 15) is 0 Å². The fourth-order valence-electron chi connectivity index (χ4n) is 2.50. The summed E-state index contributed by atoms with van der Waals surface area (Å²) in [4.78, 5) is 0. The van der Waals surface area contributed by atoms with Gasteiger partial charge in [0.25, 0.3) is 0 Å². The molecule has 2 nitrogen and oxygen atoms in total. The van der Waals surface area contributed by atoms with Gasteiger partial charge < -0.3 is 10.5 Å². The summed E-state index contributed by atoms with van der Waals surface area (Å²) in [6.45, 7) is 4.89. The van der Waals surface area contributed by atoms with Crippen LogP contribution < -0.4 is 5.73 Å². The van der Waals surface area contributed by atoms with Crippen molar-refractivity contribution in [3.8, 4) is 0 Å². The van der Waals surface area contributed by atoms with Crippen LogP contribution in [0.1, 0.15) is 58.3 Å². The third-order valence-corrected chi connectivity index (χ3v) is 3.77. The summed E-state index contributed by atoms with van der Waals surface area (Å²) in [7, 11) is 0. The Balaban J connectivity index is 2.15. The van der Waals surface area contributed by atoms with Crippen molar-refractivity contribution >= 4 is 0 Å². The third-order valence-electron chi connectivity index (χ3n) is 3.77. The van der Waals surface area contributed by atoms with Crippen LogP contribution in [-0.2, 0) is 4.74 Å². The smallest absolute Gasteiger partial charge is 0.0471 e. The highest BCUT2D eigenvalue weighted by atomic mass is 16.5. The minimum absolute atomic E-state index is 0.421. The highest BCUT2D eigenvalue weighted by molar-refractivity contribution is 4.83. The molecule has 0 atom stereocenters. The van der Waals surface area contributed by atoms with Gasteiger partial charge in [0.2, 0.25) is 0 Å². The van der Waals surface area contributed by atoms with Gasteiger partial charge in [-0.2, -0.15) is 0 Å². The number of hydrogen-bond donors (Lipinski definition) is 1. The summed E-state index contributed by atoms with van der Waals surface area (Å²) in [5.74, 6) is 0. The zero-order chi connectivity index (χ0) is 11.0. The molecule has 0 aromatic carbocycles. The number of hydrogen-bond acceptors (Lipinski definition) is 2. The molecule has 0 saturated heterocycles. The monoisotopic (exact) mass is 213 g/mol. The van der Waals surface area contributed by atoms with Crippen LogP contribution in [0, 0.1) is 5.41 Å². The molecule has 1 fully saturated rings. The van der Waals surface area contributed by atoms with Gasteiger partial charge in [0.15, 0.2) is 0 Å². The van der Waals surface area contributed by atoms with Crippen molar-refractivity contribution in [2.24, 2.45) is 11.1 Å². The average Bonchev–Trinajstić information content (AvgIpc) is 2.30. The summed E-state index contributed by atoms with van der Waals surface area (Å²) in [6, 6.07) is 0. The molecular weight excluding hydrogens is 186 g/mol. The van der Waals surface area contributed by atoms with Gasteiger partial charge in [-0.3, -0.25) is 0 Å². The van der Waals surface area contributed by atoms with E-state index in [-0.39, 0.29) is 0 Å². The Labute approximate surface area is 94.6 Å². The van der Waals surface area contributed by atoms with Crippen molar-refractivity contribution in [1.82, 2.24) is 0 Å². The lowest BCUT2D eigenvalue weighted by atomic mass is 9.72. The largest absolute Gasteiger partial charge is 0.381 e. The van der Waals surface area contributed by atoms with Gasteiger partial charge in [0, 0.05) is 13.2 Å². The number of unbranched alkanes of at least 4 members (excludes halogenated alkanes) is 1. The van der Waals surface area contributed by atoms with Crippen LogP contribution in [0.2, 0.25) is 0 Å². The summed E-state index contributed by atoms with van der Waals surface area (Å²) in [5, 5.41) is 0. The van der Waals surface area contributed by atoms with Gasteiger partial charge in [-0.25, -0.2) is 0 Å². The summed E-state index contributed by atoms with van der Waals surface area (Å²) in [5.41, 5.74) is 6.34. The number of nitrogens with two attached hydrogens (primary N) is 1. The van der Waals surface area contributed by atoms with Crippen molar-refractivity contribution in [2.45, 2.75) is 58.3 Å². The fourth-order valence-corrected chi connectivity index (χ4v) is 2.50. The first-order valence-electron chi connectivity index (χ1n) is 6.61. The Morgan fingerprint density at radius 1 is 1.13 bits per heavy atom. The highest BCUT2D eigenvalue weighted by Gasteiger charge is 2.29. The molecule has 0 heterocycles. The van der Waals surface area contributed by atoms with E-state index in [4.69, 9.17) is 10.5 Å². The van der Waals surface area contributed by atoms with Crippen LogP contribution in [0.15, 0.2) is 0 Å². The molecule has 1 aliphatic carbocycles. The lowest BCUT2D eigenvalue weighted by Gasteiger charge is -2.36. The second kappa shape index (κ2) is 7.24. The maximum atomic E-state index is 5.92. The van der Waals surface area contributed by atoms with Crippen LogP contribution in [0.4, 0.5) is 0 Å². The molecule has 0 aromatic heterocycles. The molecule has 2 N–H and O–H groups in total. The van der Waals surface area contributed by atoms with E-state index in [2.05, 4.69) is 6.92 Å². The quantitative estimate of drug-likeness (QED) is 0.660. The molecule has 0 radical (unpaired) electrons. The third kappa shape index (κ3) is 4.52. The highest BCUT2D eigenvalue weighted by Crippen LogP contribution is 2.38. The number of ether oxygens (including phenoxy) is 1. The van der Waals surface area contributed by atoms with E-state index in [1.165, 1.54) is 51.4 Å². The molecule has 0 aromatic rings. The second-order valence-electron chi connectivity index (χ2n) is 4.98. The Kier molecular flexibility index (Phi) is 6.26. The van der Waals surface area contributed by atoms with Gasteiger partial charge >= 0.3 is 0 Å². The first-order chi connectivity index (χ1) is 7.33. The molecule has 1 rings (SSSR count). The molecule has 1 aliphatic rings. The van der Waals surface area contributed by atoms with Crippen molar-refractivity contribution in [2.75, 3.05) is 19.8 Å². The molecule has 90 valence electrons. The zero-order valence-electron chi connectivity index (χ0n) is 10.3. The topological polar surface area (TPSA) is 35.2 Å². The van der Waals surface area contributed by atoms with Gasteiger partial charge in [-0.1, -0.05) is 32.6 Å². The van der Waals surface area contributed by atoms with Crippen molar-refractivity contribution < 1.29 is 4.74 Å². The predicted molar refractivity (Wildman–Crippen MR) is 64.9 cm³/mol. The van der Waals surface area contributed by atoms with Gasteiger partial charge in [0.1, 0.15) is 0 Å². The van der Waals surface area contributed by atoms with Crippen LogP contribution in [0.3, 0.4) is 0 Å². The van der Waals surface area contributed by atoms with E-state index in [0.717, 1.165) is 19.8 Å². The lowest BCUT2D eigenvalue weighted by molar-refractivity contribution is 0.0761. The summed E-state index contributed by atoms with van der Waals surface area (Å²) < 4.78 is 5.65.